The Morgan fingerprint density at radius 1 is 1.08 bits per heavy atom. The first-order chi connectivity index (χ1) is 12.2. The van der Waals surface area contributed by atoms with Gasteiger partial charge in [0, 0.05) is 12.3 Å². The van der Waals surface area contributed by atoms with Crippen molar-refractivity contribution in [3.8, 4) is 0 Å². The van der Waals surface area contributed by atoms with Gasteiger partial charge in [-0.1, -0.05) is 70.9 Å². The van der Waals surface area contributed by atoms with Crippen molar-refractivity contribution in [1.29, 1.82) is 0 Å². The lowest BCUT2D eigenvalue weighted by Crippen LogP contribution is -2.25. The second-order valence-electron chi connectivity index (χ2n) is 8.88. The van der Waals surface area contributed by atoms with Gasteiger partial charge in [-0.25, -0.2) is 0 Å². The van der Waals surface area contributed by atoms with Gasteiger partial charge in [-0.05, 0) is 62.7 Å². The standard InChI is InChI=1S/C24H42O/c1-4-7-11-19-15-16-22(17-19)23(14-8-5-2)24(25)18-21-13-9-12-20(21)10-6-3/h6,10,19-23H,4-5,7-9,11-18H2,1-3H3/t19-,20+,21-,22-,23?/m1/s1. The zero-order chi connectivity index (χ0) is 18.1. The molecule has 0 aromatic carbocycles. The molecule has 0 N–H and O–H groups in total. The number of rotatable bonds is 11. The zero-order valence-corrected chi connectivity index (χ0v) is 17.1. The molecule has 0 bridgehead atoms. The lowest BCUT2D eigenvalue weighted by atomic mass is 9.78. The first kappa shape index (κ1) is 20.7. The zero-order valence-electron chi connectivity index (χ0n) is 17.1. The SMILES string of the molecule is CC=C[C@H]1CCC[C@@H]1CC(=O)C(CCCC)[C@@H]1CC[C@@H](CCCC)C1. The third-order valence-corrected chi connectivity index (χ3v) is 7.02. The van der Waals surface area contributed by atoms with Crippen LogP contribution in [0.15, 0.2) is 12.2 Å². The van der Waals surface area contributed by atoms with Crippen molar-refractivity contribution in [3.05, 3.63) is 12.2 Å². The lowest BCUT2D eigenvalue weighted by molar-refractivity contribution is -0.126. The molecule has 0 aliphatic heterocycles. The van der Waals surface area contributed by atoms with E-state index < -0.39 is 0 Å². The van der Waals surface area contributed by atoms with E-state index in [0.717, 1.165) is 18.8 Å². The van der Waals surface area contributed by atoms with Crippen molar-refractivity contribution < 1.29 is 4.79 Å². The van der Waals surface area contributed by atoms with Crippen LogP contribution in [0.25, 0.3) is 0 Å². The molecule has 5 atom stereocenters. The first-order valence-electron chi connectivity index (χ1n) is 11.3. The highest BCUT2D eigenvalue weighted by Gasteiger charge is 2.36. The summed E-state index contributed by atoms with van der Waals surface area (Å²) in [6.07, 6.45) is 21.0. The number of ketones is 1. The Kier molecular flexibility index (Phi) is 9.28. The summed E-state index contributed by atoms with van der Waals surface area (Å²) in [6, 6.07) is 0. The summed E-state index contributed by atoms with van der Waals surface area (Å²) in [6.45, 7) is 6.68. The molecule has 1 heteroatoms. The summed E-state index contributed by atoms with van der Waals surface area (Å²) in [4.78, 5) is 13.2. The van der Waals surface area contributed by atoms with E-state index in [1.807, 2.05) is 0 Å². The highest BCUT2D eigenvalue weighted by molar-refractivity contribution is 5.81. The second-order valence-corrected chi connectivity index (χ2v) is 8.88. The summed E-state index contributed by atoms with van der Waals surface area (Å²) in [5.74, 6) is 3.90. The molecule has 1 unspecified atom stereocenters. The molecule has 2 aliphatic carbocycles. The van der Waals surface area contributed by atoms with Crippen LogP contribution < -0.4 is 0 Å². The third kappa shape index (κ3) is 6.26. The molecule has 1 nitrogen and oxygen atoms in total. The minimum absolute atomic E-state index is 0.374. The predicted octanol–water partition coefficient (Wildman–Crippen LogP) is 7.35. The number of unbranched alkanes of at least 4 members (excludes halogenated alkanes) is 2. The Balaban J connectivity index is 1.93. The molecule has 2 fully saturated rings. The Bertz CT molecular complexity index is 410. The molecule has 0 aromatic rings. The molecule has 0 heterocycles. The second kappa shape index (κ2) is 11.2. The van der Waals surface area contributed by atoms with E-state index in [2.05, 4.69) is 32.9 Å². The maximum Gasteiger partial charge on any atom is 0.136 e. The number of Topliss-reactive ketones (excluding diaryl/α,β-unsaturated/α-hetero) is 1. The molecule has 2 aliphatic rings. The molecular formula is C24H42O. The average molecular weight is 347 g/mol. The Morgan fingerprint density at radius 3 is 2.60 bits per heavy atom. The van der Waals surface area contributed by atoms with E-state index in [9.17, 15) is 4.79 Å². The summed E-state index contributed by atoms with van der Waals surface area (Å²) in [5.41, 5.74) is 0. The normalized spacial score (nSPS) is 31.0. The van der Waals surface area contributed by atoms with Crippen LogP contribution in [0.2, 0.25) is 0 Å². The molecule has 144 valence electrons. The summed E-state index contributed by atoms with van der Waals surface area (Å²) >= 11 is 0. The van der Waals surface area contributed by atoms with Gasteiger partial charge in [0.25, 0.3) is 0 Å². The van der Waals surface area contributed by atoms with Crippen molar-refractivity contribution >= 4 is 5.78 Å². The highest BCUT2D eigenvalue weighted by atomic mass is 16.1. The molecule has 0 amide bonds. The minimum atomic E-state index is 0.374. The van der Waals surface area contributed by atoms with Gasteiger partial charge in [0.05, 0.1) is 0 Å². The van der Waals surface area contributed by atoms with Crippen LogP contribution in [-0.2, 0) is 4.79 Å². The predicted molar refractivity (Wildman–Crippen MR) is 109 cm³/mol. The maximum atomic E-state index is 13.2. The maximum absolute atomic E-state index is 13.2. The van der Waals surface area contributed by atoms with Gasteiger partial charge < -0.3 is 0 Å². The fourth-order valence-corrected chi connectivity index (χ4v) is 5.55. The highest BCUT2D eigenvalue weighted by Crippen LogP contribution is 2.42. The molecule has 2 rings (SSSR count). The number of carbonyl (C=O) groups excluding carboxylic acids is 1. The molecular weight excluding hydrogens is 304 g/mol. The largest absolute Gasteiger partial charge is 0.299 e. The van der Waals surface area contributed by atoms with E-state index in [0.29, 0.717) is 29.5 Å². The number of hydrogen-bond acceptors (Lipinski definition) is 1. The lowest BCUT2D eigenvalue weighted by Gasteiger charge is -2.25. The van der Waals surface area contributed by atoms with Crippen LogP contribution in [0.4, 0.5) is 0 Å². The van der Waals surface area contributed by atoms with Crippen LogP contribution >= 0.6 is 0 Å². The van der Waals surface area contributed by atoms with Gasteiger partial charge in [0.2, 0.25) is 0 Å². The van der Waals surface area contributed by atoms with Crippen LogP contribution in [-0.4, -0.2) is 5.78 Å². The molecule has 0 radical (unpaired) electrons. The van der Waals surface area contributed by atoms with E-state index >= 15 is 0 Å². The van der Waals surface area contributed by atoms with E-state index in [4.69, 9.17) is 0 Å². The van der Waals surface area contributed by atoms with Crippen molar-refractivity contribution in [2.24, 2.45) is 29.6 Å². The van der Waals surface area contributed by atoms with Crippen LogP contribution in [0.1, 0.15) is 104 Å². The number of carbonyl (C=O) groups is 1. The quantitative estimate of drug-likeness (QED) is 0.357. The minimum Gasteiger partial charge on any atom is -0.299 e. The fourth-order valence-electron chi connectivity index (χ4n) is 5.55. The van der Waals surface area contributed by atoms with Gasteiger partial charge in [-0.3, -0.25) is 4.79 Å². The van der Waals surface area contributed by atoms with Gasteiger partial charge in [-0.2, -0.15) is 0 Å². The molecule has 0 aromatic heterocycles. The Hall–Kier alpha value is -0.590. The van der Waals surface area contributed by atoms with E-state index in [1.54, 1.807) is 0 Å². The van der Waals surface area contributed by atoms with E-state index in [-0.39, 0.29) is 0 Å². The first-order valence-corrected chi connectivity index (χ1v) is 11.3. The van der Waals surface area contributed by atoms with Gasteiger partial charge in [0.15, 0.2) is 0 Å². The average Bonchev–Trinajstić information content (AvgIpc) is 3.24. The Labute approximate surface area is 157 Å². The summed E-state index contributed by atoms with van der Waals surface area (Å²) < 4.78 is 0. The van der Waals surface area contributed by atoms with Gasteiger partial charge >= 0.3 is 0 Å². The van der Waals surface area contributed by atoms with Gasteiger partial charge in [-0.15, -0.1) is 0 Å². The third-order valence-electron chi connectivity index (χ3n) is 7.02. The van der Waals surface area contributed by atoms with Gasteiger partial charge in [0.1, 0.15) is 5.78 Å². The van der Waals surface area contributed by atoms with Crippen molar-refractivity contribution in [2.45, 2.75) is 104 Å². The van der Waals surface area contributed by atoms with Crippen LogP contribution in [0.5, 0.6) is 0 Å². The fraction of sp³-hybridized carbons (Fsp3) is 0.875. The van der Waals surface area contributed by atoms with E-state index in [1.165, 1.54) is 70.6 Å². The van der Waals surface area contributed by atoms with Crippen molar-refractivity contribution in [3.63, 3.8) is 0 Å². The summed E-state index contributed by atoms with van der Waals surface area (Å²) in [5, 5.41) is 0. The number of hydrogen-bond donors (Lipinski definition) is 0. The molecule has 0 saturated heterocycles. The monoisotopic (exact) mass is 346 g/mol. The Morgan fingerprint density at radius 2 is 1.88 bits per heavy atom. The topological polar surface area (TPSA) is 17.1 Å². The smallest absolute Gasteiger partial charge is 0.136 e. The molecule has 2 saturated carbocycles. The van der Waals surface area contributed by atoms with Crippen LogP contribution in [0, 0.1) is 29.6 Å². The van der Waals surface area contributed by atoms with Crippen molar-refractivity contribution in [1.82, 2.24) is 0 Å². The molecule has 25 heavy (non-hydrogen) atoms. The summed E-state index contributed by atoms with van der Waals surface area (Å²) in [7, 11) is 0. The number of allylic oxidation sites excluding steroid dienone is 2. The van der Waals surface area contributed by atoms with Crippen molar-refractivity contribution in [2.75, 3.05) is 0 Å². The molecule has 0 spiro atoms. The van der Waals surface area contributed by atoms with Crippen LogP contribution in [0.3, 0.4) is 0 Å².